The molecule has 168 valence electrons. The number of rotatable bonds is 7. The van der Waals surface area contributed by atoms with Crippen LogP contribution < -0.4 is 15.4 Å². The van der Waals surface area contributed by atoms with Gasteiger partial charge in [-0.3, -0.25) is 10.1 Å². The second-order valence-corrected chi connectivity index (χ2v) is 8.38. The molecule has 2 N–H and O–H groups in total. The van der Waals surface area contributed by atoms with Crippen molar-refractivity contribution in [3.63, 3.8) is 0 Å². The monoisotopic (exact) mass is 459 g/mol. The number of nitrogens with zero attached hydrogens (tertiary/aromatic N) is 1. The Morgan fingerprint density at radius 3 is 2.55 bits per heavy atom. The van der Waals surface area contributed by atoms with Gasteiger partial charge in [-0.25, -0.2) is 4.98 Å². The molecule has 0 saturated carbocycles. The van der Waals surface area contributed by atoms with E-state index in [1.54, 1.807) is 12.1 Å². The lowest BCUT2D eigenvalue weighted by molar-refractivity contribution is -0.121. The fourth-order valence-corrected chi connectivity index (χ4v) is 3.53. The summed E-state index contributed by atoms with van der Waals surface area (Å²) in [6.45, 7) is 4.20. The van der Waals surface area contributed by atoms with E-state index in [1.165, 1.54) is 5.56 Å². The summed E-state index contributed by atoms with van der Waals surface area (Å²) in [6.07, 6.45) is 0.587. The van der Waals surface area contributed by atoms with Gasteiger partial charge in [0.05, 0.1) is 0 Å². The summed E-state index contributed by atoms with van der Waals surface area (Å²) in [5.41, 5.74) is 4.75. The van der Waals surface area contributed by atoms with Gasteiger partial charge in [0.25, 0.3) is 5.91 Å². The molecular formula is C26H25N3O3S. The van der Waals surface area contributed by atoms with Crippen molar-refractivity contribution in [2.45, 2.75) is 26.2 Å². The number of fused-ring (bicyclic) bond motifs is 1. The van der Waals surface area contributed by atoms with E-state index < -0.39 is 0 Å². The number of oxazole rings is 1. The molecule has 33 heavy (non-hydrogen) atoms. The molecule has 3 aromatic carbocycles. The Labute approximate surface area is 198 Å². The van der Waals surface area contributed by atoms with Gasteiger partial charge in [-0.1, -0.05) is 50.2 Å². The van der Waals surface area contributed by atoms with Crippen LogP contribution in [0.4, 0.5) is 5.69 Å². The third kappa shape index (κ3) is 6.17. The van der Waals surface area contributed by atoms with Crippen LogP contribution in [0.3, 0.4) is 0 Å². The number of thiocarbonyl (C=S) groups is 1. The van der Waals surface area contributed by atoms with E-state index in [0.29, 0.717) is 24.0 Å². The molecule has 0 saturated heterocycles. The smallest absolute Gasteiger partial charge is 0.264 e. The van der Waals surface area contributed by atoms with E-state index in [1.807, 2.05) is 48.5 Å². The van der Waals surface area contributed by atoms with Crippen LogP contribution in [0.1, 0.15) is 36.8 Å². The van der Waals surface area contributed by atoms with Gasteiger partial charge in [0.2, 0.25) is 0 Å². The fourth-order valence-electron chi connectivity index (χ4n) is 3.30. The molecule has 4 aromatic rings. The molecule has 0 aliphatic rings. The first kappa shape index (κ1) is 22.5. The molecule has 4 rings (SSSR count). The zero-order chi connectivity index (χ0) is 23.2. The Balaban J connectivity index is 1.29. The minimum atomic E-state index is -0.329. The fraction of sp³-hybridized carbons (Fsp3) is 0.192. The van der Waals surface area contributed by atoms with Crippen molar-refractivity contribution in [1.29, 1.82) is 0 Å². The normalized spacial score (nSPS) is 10.9. The van der Waals surface area contributed by atoms with Crippen molar-refractivity contribution in [3.05, 3.63) is 89.8 Å². The summed E-state index contributed by atoms with van der Waals surface area (Å²) in [6, 6.07) is 23.0. The maximum Gasteiger partial charge on any atom is 0.264 e. The largest absolute Gasteiger partial charge is 0.484 e. The van der Waals surface area contributed by atoms with E-state index >= 15 is 0 Å². The molecule has 6 nitrogen and oxygen atoms in total. The molecule has 0 unspecified atom stereocenters. The number of hydrogen-bond donors (Lipinski definition) is 2. The summed E-state index contributed by atoms with van der Waals surface area (Å²) in [5, 5.41) is 5.83. The minimum Gasteiger partial charge on any atom is -0.484 e. The third-order valence-electron chi connectivity index (χ3n) is 5.06. The molecule has 1 amide bonds. The molecule has 1 heterocycles. The summed E-state index contributed by atoms with van der Waals surface area (Å²) in [5.74, 6) is 1.42. The molecule has 7 heteroatoms. The van der Waals surface area contributed by atoms with Gasteiger partial charge in [-0.05, 0) is 65.7 Å². The van der Waals surface area contributed by atoms with Crippen molar-refractivity contribution in [2.75, 3.05) is 11.9 Å². The molecule has 0 fully saturated rings. The van der Waals surface area contributed by atoms with E-state index in [9.17, 15) is 4.79 Å². The summed E-state index contributed by atoms with van der Waals surface area (Å²) >= 11 is 5.22. The van der Waals surface area contributed by atoms with Crippen LogP contribution in [0.15, 0.2) is 77.2 Å². The second-order valence-electron chi connectivity index (χ2n) is 7.97. The predicted octanol–water partition coefficient (Wildman–Crippen LogP) is 5.43. The summed E-state index contributed by atoms with van der Waals surface area (Å²) in [7, 11) is 0. The molecule has 0 spiro atoms. The molecule has 1 aromatic heterocycles. The van der Waals surface area contributed by atoms with E-state index in [0.717, 1.165) is 22.4 Å². The summed E-state index contributed by atoms with van der Waals surface area (Å²) < 4.78 is 11.3. The van der Waals surface area contributed by atoms with Crippen molar-refractivity contribution in [1.82, 2.24) is 10.3 Å². The van der Waals surface area contributed by atoms with Crippen LogP contribution in [-0.4, -0.2) is 22.6 Å². The van der Waals surface area contributed by atoms with Crippen LogP contribution in [0.2, 0.25) is 0 Å². The first-order valence-corrected chi connectivity index (χ1v) is 11.1. The lowest BCUT2D eigenvalue weighted by Gasteiger charge is -2.10. The molecule has 0 aliphatic carbocycles. The lowest BCUT2D eigenvalue weighted by Crippen LogP contribution is -2.37. The zero-order valence-corrected chi connectivity index (χ0v) is 19.3. The third-order valence-corrected chi connectivity index (χ3v) is 5.26. The quantitative estimate of drug-likeness (QED) is 0.359. The first-order chi connectivity index (χ1) is 16.0. The Morgan fingerprint density at radius 2 is 1.82 bits per heavy atom. The number of carbonyl (C=O) groups is 1. The van der Waals surface area contributed by atoms with Crippen LogP contribution >= 0.6 is 12.2 Å². The average molecular weight is 460 g/mol. The second kappa shape index (κ2) is 10.3. The number of hydrogen-bond acceptors (Lipinski definition) is 5. The van der Waals surface area contributed by atoms with E-state index in [4.69, 9.17) is 21.4 Å². The minimum absolute atomic E-state index is 0.117. The van der Waals surface area contributed by atoms with Crippen molar-refractivity contribution >= 4 is 40.0 Å². The maximum absolute atomic E-state index is 12.0. The number of nitrogens with one attached hydrogen (secondary N) is 2. The highest BCUT2D eigenvalue weighted by atomic mass is 32.1. The van der Waals surface area contributed by atoms with Crippen molar-refractivity contribution in [3.8, 4) is 5.75 Å². The number of carbonyl (C=O) groups excluding carboxylic acids is 1. The van der Waals surface area contributed by atoms with Crippen LogP contribution in [0.25, 0.3) is 11.1 Å². The van der Waals surface area contributed by atoms with Crippen LogP contribution in [-0.2, 0) is 11.2 Å². The van der Waals surface area contributed by atoms with Crippen LogP contribution in [0.5, 0.6) is 5.75 Å². The molecular weight excluding hydrogens is 434 g/mol. The van der Waals surface area contributed by atoms with Gasteiger partial charge < -0.3 is 14.5 Å². The first-order valence-electron chi connectivity index (χ1n) is 10.7. The number of para-hydroxylation sites is 1. The average Bonchev–Trinajstić information content (AvgIpc) is 3.21. The Morgan fingerprint density at radius 1 is 1.06 bits per heavy atom. The van der Waals surface area contributed by atoms with Gasteiger partial charge in [-0.2, -0.15) is 0 Å². The van der Waals surface area contributed by atoms with Crippen molar-refractivity contribution in [2.24, 2.45) is 0 Å². The van der Waals surface area contributed by atoms with E-state index in [2.05, 4.69) is 41.6 Å². The molecule has 0 aliphatic heterocycles. The van der Waals surface area contributed by atoms with Gasteiger partial charge in [-0.15, -0.1) is 0 Å². The predicted molar refractivity (Wildman–Crippen MR) is 134 cm³/mol. The van der Waals surface area contributed by atoms with Gasteiger partial charge >= 0.3 is 0 Å². The Kier molecular flexibility index (Phi) is 7.00. The Bertz CT molecular complexity index is 1250. The molecule has 0 bridgehead atoms. The Hall–Kier alpha value is -3.71. The molecule has 0 radical (unpaired) electrons. The highest BCUT2D eigenvalue weighted by Crippen LogP contribution is 2.23. The zero-order valence-electron chi connectivity index (χ0n) is 18.5. The number of aromatic nitrogens is 1. The molecule has 0 atom stereocenters. The van der Waals surface area contributed by atoms with Gasteiger partial charge in [0.15, 0.2) is 23.2 Å². The maximum atomic E-state index is 12.0. The summed E-state index contributed by atoms with van der Waals surface area (Å²) in [4.78, 5) is 16.7. The number of benzene rings is 3. The number of anilines is 1. The van der Waals surface area contributed by atoms with Gasteiger partial charge in [0.1, 0.15) is 11.3 Å². The van der Waals surface area contributed by atoms with E-state index in [-0.39, 0.29) is 17.6 Å². The highest BCUT2D eigenvalue weighted by molar-refractivity contribution is 7.80. The van der Waals surface area contributed by atoms with Crippen molar-refractivity contribution < 1.29 is 13.9 Å². The number of amides is 1. The topological polar surface area (TPSA) is 76.4 Å². The number of ether oxygens (including phenoxy) is 1. The standard InChI is InChI=1S/C26H25N3O3S/c1-17(2)19-10-13-23-22(15-19)28-25(32-23)14-18-8-11-20(12-9-18)27-26(33)29-24(30)16-31-21-6-4-3-5-7-21/h3-13,15,17H,14,16H2,1-2H3,(H2,27,29,30,33). The van der Waals surface area contributed by atoms with Crippen LogP contribution in [0, 0.1) is 0 Å². The van der Waals surface area contributed by atoms with Gasteiger partial charge in [0, 0.05) is 12.1 Å². The SMILES string of the molecule is CC(C)c1ccc2oc(Cc3ccc(NC(=S)NC(=O)COc4ccccc4)cc3)nc2c1. The lowest BCUT2D eigenvalue weighted by atomic mass is 10.0. The highest BCUT2D eigenvalue weighted by Gasteiger charge is 2.10.